The Kier molecular flexibility index (Phi) is 6.14. The Hall–Kier alpha value is -2.97. The lowest BCUT2D eigenvalue weighted by molar-refractivity contribution is -0.275. The fourth-order valence-corrected chi connectivity index (χ4v) is 2.34. The number of pyridine rings is 1. The van der Waals surface area contributed by atoms with Gasteiger partial charge in [-0.15, -0.1) is 13.2 Å². The van der Waals surface area contributed by atoms with Gasteiger partial charge in [0.15, 0.2) is 11.6 Å². The number of amides is 1. The Morgan fingerprint density at radius 2 is 2.00 bits per heavy atom. The Labute approximate surface area is 152 Å². The van der Waals surface area contributed by atoms with Crippen molar-refractivity contribution in [3.63, 3.8) is 0 Å². The van der Waals surface area contributed by atoms with Crippen LogP contribution in [0.4, 0.5) is 17.6 Å². The van der Waals surface area contributed by atoms with Gasteiger partial charge in [-0.2, -0.15) is 0 Å². The van der Waals surface area contributed by atoms with Crippen LogP contribution in [0.1, 0.15) is 35.5 Å². The number of benzene rings is 1. The summed E-state index contributed by atoms with van der Waals surface area (Å²) < 4.78 is 54.9. The molecule has 1 heterocycles. The Balaban J connectivity index is 2.35. The molecule has 0 saturated heterocycles. The molecule has 2 N–H and O–H groups in total. The van der Waals surface area contributed by atoms with Gasteiger partial charge in [-0.05, 0) is 24.1 Å². The van der Waals surface area contributed by atoms with Crippen molar-refractivity contribution in [2.75, 3.05) is 0 Å². The number of carbonyl (C=O) groups is 1. The number of rotatable bonds is 6. The van der Waals surface area contributed by atoms with E-state index in [4.69, 9.17) is 5.73 Å². The molecule has 0 atom stereocenters. The van der Waals surface area contributed by atoms with E-state index in [1.807, 2.05) is 13.8 Å². The van der Waals surface area contributed by atoms with E-state index >= 15 is 0 Å². The minimum absolute atomic E-state index is 0.0686. The highest BCUT2D eigenvalue weighted by Gasteiger charge is 2.32. The minimum Gasteiger partial charge on any atom is -0.403 e. The van der Waals surface area contributed by atoms with E-state index in [0.717, 1.165) is 6.07 Å². The number of aromatic nitrogens is 1. The Morgan fingerprint density at radius 3 is 2.59 bits per heavy atom. The van der Waals surface area contributed by atoms with Crippen LogP contribution in [-0.4, -0.2) is 23.0 Å². The van der Waals surface area contributed by atoms with E-state index in [2.05, 4.69) is 14.7 Å². The van der Waals surface area contributed by atoms with Crippen LogP contribution in [0.2, 0.25) is 0 Å². The number of halogens is 4. The van der Waals surface area contributed by atoms with Crippen molar-refractivity contribution in [2.45, 2.75) is 26.8 Å². The first kappa shape index (κ1) is 20.3. The molecule has 1 aromatic carbocycles. The second-order valence-electron chi connectivity index (χ2n) is 5.93. The zero-order valence-corrected chi connectivity index (χ0v) is 14.5. The highest BCUT2D eigenvalue weighted by Crippen LogP contribution is 2.27. The number of aliphatic imine (C=N–C) groups is 1. The largest absolute Gasteiger partial charge is 0.573 e. The smallest absolute Gasteiger partial charge is 0.403 e. The summed E-state index contributed by atoms with van der Waals surface area (Å²) in [7, 11) is 0. The number of nitrogens with zero attached hydrogens (tertiary/aromatic N) is 2. The summed E-state index contributed by atoms with van der Waals surface area (Å²) in [6.45, 7) is 3.41. The van der Waals surface area contributed by atoms with Crippen molar-refractivity contribution >= 4 is 11.6 Å². The second kappa shape index (κ2) is 8.15. The number of nitrogens with two attached hydrogens (primary N) is 1. The van der Waals surface area contributed by atoms with Crippen LogP contribution in [0.5, 0.6) is 5.75 Å². The zero-order valence-electron chi connectivity index (χ0n) is 14.5. The molecule has 0 aliphatic heterocycles. The molecule has 1 amide bonds. The summed E-state index contributed by atoms with van der Waals surface area (Å²) in [5, 5.41) is 0. The lowest BCUT2D eigenvalue weighted by Crippen LogP contribution is -2.18. The molecule has 144 valence electrons. The summed E-state index contributed by atoms with van der Waals surface area (Å²) in [4.78, 5) is 19.7. The van der Waals surface area contributed by atoms with Gasteiger partial charge in [0.2, 0.25) is 5.91 Å². The fourth-order valence-electron chi connectivity index (χ4n) is 2.34. The maximum Gasteiger partial charge on any atom is 0.573 e. The highest BCUT2D eigenvalue weighted by molar-refractivity contribution is 6.02. The van der Waals surface area contributed by atoms with Crippen LogP contribution in [0.3, 0.4) is 0 Å². The fraction of sp³-hybridized carbons (Fsp3) is 0.278. The molecule has 0 aliphatic carbocycles. The number of alkyl halides is 3. The van der Waals surface area contributed by atoms with Crippen molar-refractivity contribution < 1.29 is 27.1 Å². The molecule has 0 radical (unpaired) electrons. The van der Waals surface area contributed by atoms with Crippen molar-refractivity contribution in [2.24, 2.45) is 16.6 Å². The highest BCUT2D eigenvalue weighted by atomic mass is 19.4. The third kappa shape index (κ3) is 5.50. The first-order valence-corrected chi connectivity index (χ1v) is 7.92. The molecule has 5 nitrogen and oxygen atoms in total. The van der Waals surface area contributed by atoms with Gasteiger partial charge >= 0.3 is 6.36 Å². The van der Waals surface area contributed by atoms with E-state index in [0.29, 0.717) is 11.4 Å². The van der Waals surface area contributed by atoms with Gasteiger partial charge in [-0.25, -0.2) is 4.39 Å². The van der Waals surface area contributed by atoms with Crippen LogP contribution < -0.4 is 10.5 Å². The average Bonchev–Trinajstić information content (AvgIpc) is 2.57. The van der Waals surface area contributed by atoms with Crippen molar-refractivity contribution in [1.82, 2.24) is 4.98 Å². The molecule has 0 spiro atoms. The SMILES string of the molecule is CC(C)C(=NCc1cccc(OC(F)(F)F)c1F)c1cc(C(N)=O)ccn1. The lowest BCUT2D eigenvalue weighted by atomic mass is 10.0. The maximum atomic E-state index is 14.3. The van der Waals surface area contributed by atoms with Crippen molar-refractivity contribution in [3.8, 4) is 5.75 Å². The van der Waals surface area contributed by atoms with Gasteiger partial charge in [0.25, 0.3) is 0 Å². The average molecular weight is 383 g/mol. The zero-order chi connectivity index (χ0) is 20.2. The summed E-state index contributed by atoms with van der Waals surface area (Å²) in [5.74, 6) is -2.83. The van der Waals surface area contributed by atoms with Gasteiger partial charge in [-0.3, -0.25) is 14.8 Å². The van der Waals surface area contributed by atoms with E-state index in [1.165, 1.54) is 30.5 Å². The molecule has 0 bridgehead atoms. The van der Waals surface area contributed by atoms with Crippen LogP contribution in [0.15, 0.2) is 41.5 Å². The summed E-state index contributed by atoms with van der Waals surface area (Å²) in [5.41, 5.74) is 6.25. The van der Waals surface area contributed by atoms with Crippen LogP contribution >= 0.6 is 0 Å². The molecule has 0 saturated carbocycles. The van der Waals surface area contributed by atoms with Crippen molar-refractivity contribution in [3.05, 3.63) is 59.2 Å². The van der Waals surface area contributed by atoms with Crippen LogP contribution in [0.25, 0.3) is 0 Å². The minimum atomic E-state index is -5.00. The molecule has 0 unspecified atom stereocenters. The van der Waals surface area contributed by atoms with E-state index in [-0.39, 0.29) is 23.6 Å². The predicted molar refractivity (Wildman–Crippen MR) is 90.9 cm³/mol. The third-order valence-electron chi connectivity index (χ3n) is 3.54. The number of primary amides is 1. The first-order valence-electron chi connectivity index (χ1n) is 7.92. The van der Waals surface area contributed by atoms with Gasteiger partial charge < -0.3 is 10.5 Å². The topological polar surface area (TPSA) is 77.6 Å². The number of carbonyl (C=O) groups excluding carboxylic acids is 1. The van der Waals surface area contributed by atoms with Gasteiger partial charge in [0.05, 0.1) is 18.0 Å². The predicted octanol–water partition coefficient (Wildman–Crippen LogP) is 3.86. The Bertz CT molecular complexity index is 864. The number of hydrogen-bond donors (Lipinski definition) is 1. The molecule has 2 aromatic rings. The molecule has 0 aliphatic rings. The van der Waals surface area contributed by atoms with E-state index in [1.54, 1.807) is 0 Å². The molecular weight excluding hydrogens is 366 g/mol. The van der Waals surface area contributed by atoms with E-state index in [9.17, 15) is 22.4 Å². The normalized spacial score (nSPS) is 12.3. The van der Waals surface area contributed by atoms with Crippen molar-refractivity contribution in [1.29, 1.82) is 0 Å². The maximum absolute atomic E-state index is 14.3. The molecular formula is C18H17F4N3O2. The van der Waals surface area contributed by atoms with Crippen LogP contribution in [-0.2, 0) is 6.54 Å². The van der Waals surface area contributed by atoms with Crippen LogP contribution in [0, 0.1) is 11.7 Å². The molecule has 27 heavy (non-hydrogen) atoms. The first-order chi connectivity index (χ1) is 12.6. The van der Waals surface area contributed by atoms with Gasteiger partial charge in [0, 0.05) is 17.3 Å². The summed E-state index contributed by atoms with van der Waals surface area (Å²) in [6, 6.07) is 6.35. The lowest BCUT2D eigenvalue weighted by Gasteiger charge is -2.13. The quantitative estimate of drug-likeness (QED) is 0.608. The number of hydrogen-bond acceptors (Lipinski definition) is 4. The molecule has 1 aromatic heterocycles. The molecule has 2 rings (SSSR count). The summed E-state index contributed by atoms with van der Waals surface area (Å²) in [6.07, 6.45) is -3.60. The van der Waals surface area contributed by atoms with E-state index < -0.39 is 23.8 Å². The second-order valence-corrected chi connectivity index (χ2v) is 5.93. The van der Waals surface area contributed by atoms with Gasteiger partial charge in [-0.1, -0.05) is 26.0 Å². The summed E-state index contributed by atoms with van der Waals surface area (Å²) >= 11 is 0. The molecule has 9 heteroatoms. The standard InChI is InChI=1S/C18H17F4N3O2/c1-10(2)16(13-8-11(17(23)26)6-7-24-13)25-9-12-4-3-5-14(15(12)19)27-18(20,21)22/h3-8,10H,9H2,1-2H3,(H2,23,26). The molecule has 0 fully saturated rings. The monoisotopic (exact) mass is 383 g/mol. The number of ether oxygens (including phenoxy) is 1. The van der Waals surface area contributed by atoms with Gasteiger partial charge in [0.1, 0.15) is 0 Å². The Morgan fingerprint density at radius 1 is 1.30 bits per heavy atom. The third-order valence-corrected chi connectivity index (χ3v) is 3.54.